The zero-order valence-electron chi connectivity index (χ0n) is 15.5. The molecular weight excluding hydrogens is 377 g/mol. The molecule has 3 aromatic rings. The molecule has 0 aliphatic heterocycles. The van der Waals surface area contributed by atoms with Gasteiger partial charge in [0.15, 0.2) is 0 Å². The normalized spacial score (nSPS) is 10.2. The minimum atomic E-state index is -0.459. The van der Waals surface area contributed by atoms with Gasteiger partial charge in [0.25, 0.3) is 0 Å². The van der Waals surface area contributed by atoms with E-state index in [1.54, 1.807) is 36.4 Å². The van der Waals surface area contributed by atoms with E-state index in [1.807, 2.05) is 12.1 Å². The number of carbonyl (C=O) groups is 2. The number of amides is 3. The summed E-state index contributed by atoms with van der Waals surface area (Å²) in [5.74, 6) is 1.11. The number of furan rings is 1. The molecule has 0 saturated carbocycles. The van der Waals surface area contributed by atoms with Crippen LogP contribution in [0.25, 0.3) is 0 Å². The van der Waals surface area contributed by atoms with Crippen molar-refractivity contribution < 1.29 is 23.1 Å². The number of nitrogens with one attached hydrogen (secondary N) is 3. The topological polar surface area (TPSA) is 92.6 Å². The van der Waals surface area contributed by atoms with Gasteiger partial charge in [-0.3, -0.25) is 4.79 Å². The number of urea groups is 1. The Labute approximate surface area is 166 Å². The van der Waals surface area contributed by atoms with E-state index in [1.165, 1.54) is 18.4 Å². The molecule has 0 radical (unpaired) electrons. The first-order valence-electron chi connectivity index (χ1n) is 8.91. The van der Waals surface area contributed by atoms with E-state index in [0.29, 0.717) is 23.8 Å². The van der Waals surface area contributed by atoms with E-state index in [-0.39, 0.29) is 24.8 Å². The maximum atomic E-state index is 12.9. The van der Waals surface area contributed by atoms with Crippen LogP contribution >= 0.6 is 0 Å². The van der Waals surface area contributed by atoms with Crippen LogP contribution in [0, 0.1) is 5.82 Å². The van der Waals surface area contributed by atoms with Crippen molar-refractivity contribution in [3.8, 4) is 11.5 Å². The van der Waals surface area contributed by atoms with Crippen molar-refractivity contribution in [2.45, 2.75) is 13.1 Å². The summed E-state index contributed by atoms with van der Waals surface area (Å²) < 4.78 is 23.6. The molecule has 0 unspecified atom stereocenters. The highest BCUT2D eigenvalue weighted by atomic mass is 19.1. The largest absolute Gasteiger partial charge is 0.467 e. The van der Waals surface area contributed by atoms with E-state index in [9.17, 15) is 14.0 Å². The average molecular weight is 397 g/mol. The molecular formula is C21H20FN3O4. The van der Waals surface area contributed by atoms with Crippen LogP contribution in [0.5, 0.6) is 11.5 Å². The lowest BCUT2D eigenvalue weighted by Crippen LogP contribution is -2.41. The number of rotatable bonds is 8. The number of ether oxygens (including phenoxy) is 1. The molecule has 0 spiro atoms. The summed E-state index contributed by atoms with van der Waals surface area (Å²) in [5, 5.41) is 7.77. The fourth-order valence-corrected chi connectivity index (χ4v) is 2.38. The lowest BCUT2D eigenvalue weighted by atomic mass is 10.2. The number of carbonyl (C=O) groups excluding carboxylic acids is 2. The monoisotopic (exact) mass is 397 g/mol. The van der Waals surface area contributed by atoms with Crippen LogP contribution in [0.1, 0.15) is 11.3 Å². The highest BCUT2D eigenvalue weighted by Gasteiger charge is 2.06. The van der Waals surface area contributed by atoms with Crippen molar-refractivity contribution >= 4 is 11.9 Å². The summed E-state index contributed by atoms with van der Waals surface area (Å²) in [6.45, 7) is 0.411. The van der Waals surface area contributed by atoms with Gasteiger partial charge in [0, 0.05) is 6.54 Å². The summed E-state index contributed by atoms with van der Waals surface area (Å²) in [6.07, 6.45) is 1.52. The van der Waals surface area contributed by atoms with Gasteiger partial charge >= 0.3 is 6.03 Å². The number of hydrogen-bond acceptors (Lipinski definition) is 4. The van der Waals surface area contributed by atoms with Crippen molar-refractivity contribution in [1.82, 2.24) is 16.0 Å². The van der Waals surface area contributed by atoms with Crippen molar-refractivity contribution in [3.05, 3.63) is 84.1 Å². The van der Waals surface area contributed by atoms with Crippen molar-refractivity contribution in [2.24, 2.45) is 0 Å². The van der Waals surface area contributed by atoms with Crippen molar-refractivity contribution in [1.29, 1.82) is 0 Å². The highest BCUT2D eigenvalue weighted by Crippen LogP contribution is 2.21. The SMILES string of the molecule is O=C(CNC(=O)NCc1ccco1)NCc1ccc(Oc2ccc(F)cc2)cc1. The Balaban J connectivity index is 1.36. The van der Waals surface area contributed by atoms with Crippen LogP contribution in [0.15, 0.2) is 71.3 Å². The lowest BCUT2D eigenvalue weighted by Gasteiger charge is -2.09. The van der Waals surface area contributed by atoms with E-state index in [2.05, 4.69) is 16.0 Å². The minimum Gasteiger partial charge on any atom is -0.467 e. The first-order valence-corrected chi connectivity index (χ1v) is 8.91. The fraction of sp³-hybridized carbons (Fsp3) is 0.143. The molecule has 0 saturated heterocycles. The zero-order valence-corrected chi connectivity index (χ0v) is 15.5. The Morgan fingerprint density at radius 3 is 2.21 bits per heavy atom. The molecule has 0 aliphatic rings. The molecule has 0 fully saturated rings. The third-order valence-electron chi connectivity index (χ3n) is 3.88. The first kappa shape index (κ1) is 19.9. The average Bonchev–Trinajstić information content (AvgIpc) is 3.25. The van der Waals surface area contributed by atoms with Gasteiger partial charge in [0.2, 0.25) is 5.91 Å². The van der Waals surface area contributed by atoms with E-state index >= 15 is 0 Å². The van der Waals surface area contributed by atoms with Crippen LogP contribution in [0.2, 0.25) is 0 Å². The molecule has 29 heavy (non-hydrogen) atoms. The third kappa shape index (κ3) is 6.69. The third-order valence-corrected chi connectivity index (χ3v) is 3.88. The summed E-state index contributed by atoms with van der Waals surface area (Å²) >= 11 is 0. The molecule has 3 N–H and O–H groups in total. The van der Waals surface area contributed by atoms with Gasteiger partial charge in [-0.05, 0) is 54.1 Å². The Kier molecular flexibility index (Phi) is 6.83. The van der Waals surface area contributed by atoms with Gasteiger partial charge in [-0.25, -0.2) is 9.18 Å². The Hall–Kier alpha value is -3.81. The second-order valence-electron chi connectivity index (χ2n) is 6.09. The number of benzene rings is 2. The maximum absolute atomic E-state index is 12.9. The molecule has 1 aromatic heterocycles. The summed E-state index contributed by atoms with van der Waals surface area (Å²) in [7, 11) is 0. The molecule has 0 bridgehead atoms. The second-order valence-corrected chi connectivity index (χ2v) is 6.09. The lowest BCUT2D eigenvalue weighted by molar-refractivity contribution is -0.120. The second kappa shape index (κ2) is 9.93. The Bertz CT molecular complexity index is 926. The maximum Gasteiger partial charge on any atom is 0.315 e. The van der Waals surface area contributed by atoms with Gasteiger partial charge in [0.05, 0.1) is 19.4 Å². The first-order chi connectivity index (χ1) is 14.1. The van der Waals surface area contributed by atoms with Gasteiger partial charge in [-0.15, -0.1) is 0 Å². The number of hydrogen-bond donors (Lipinski definition) is 3. The fourth-order valence-electron chi connectivity index (χ4n) is 2.38. The molecule has 2 aromatic carbocycles. The molecule has 0 aliphatic carbocycles. The summed E-state index contributed by atoms with van der Waals surface area (Å²) in [5.41, 5.74) is 0.868. The van der Waals surface area contributed by atoms with Gasteiger partial charge < -0.3 is 25.1 Å². The predicted octanol–water partition coefficient (Wildman–Crippen LogP) is 3.33. The van der Waals surface area contributed by atoms with Crippen LogP contribution in [-0.4, -0.2) is 18.5 Å². The van der Waals surface area contributed by atoms with Crippen molar-refractivity contribution in [3.63, 3.8) is 0 Å². The Morgan fingerprint density at radius 1 is 0.862 bits per heavy atom. The van der Waals surface area contributed by atoms with Crippen molar-refractivity contribution in [2.75, 3.05) is 6.54 Å². The van der Waals surface area contributed by atoms with E-state index in [4.69, 9.17) is 9.15 Å². The summed E-state index contributed by atoms with van der Waals surface area (Å²) in [4.78, 5) is 23.5. The molecule has 150 valence electrons. The highest BCUT2D eigenvalue weighted by molar-refractivity contribution is 5.83. The van der Waals surface area contributed by atoms with Gasteiger partial charge in [0.1, 0.15) is 23.1 Å². The van der Waals surface area contributed by atoms with Crippen LogP contribution in [-0.2, 0) is 17.9 Å². The van der Waals surface area contributed by atoms with Gasteiger partial charge in [-0.2, -0.15) is 0 Å². The molecule has 1 heterocycles. The molecule has 3 rings (SSSR count). The summed E-state index contributed by atoms with van der Waals surface area (Å²) in [6, 6.07) is 15.9. The van der Waals surface area contributed by atoms with Gasteiger partial charge in [-0.1, -0.05) is 12.1 Å². The quantitative estimate of drug-likeness (QED) is 0.544. The Morgan fingerprint density at radius 2 is 1.55 bits per heavy atom. The minimum absolute atomic E-state index is 0.143. The molecule has 3 amide bonds. The van der Waals surface area contributed by atoms with E-state index < -0.39 is 6.03 Å². The molecule has 8 heteroatoms. The molecule has 7 nitrogen and oxygen atoms in total. The zero-order chi connectivity index (χ0) is 20.5. The van der Waals surface area contributed by atoms with Crippen LogP contribution in [0.3, 0.4) is 0 Å². The van der Waals surface area contributed by atoms with Crippen LogP contribution in [0.4, 0.5) is 9.18 Å². The standard InChI is InChI=1S/C21H20FN3O4/c22-16-5-9-18(10-6-16)29-17-7-3-15(4-8-17)12-23-20(26)14-25-21(27)24-13-19-2-1-11-28-19/h1-11H,12-14H2,(H,23,26)(H2,24,25,27). The molecule has 0 atom stereocenters. The predicted molar refractivity (Wildman–Crippen MR) is 104 cm³/mol. The van der Waals surface area contributed by atoms with Crippen LogP contribution < -0.4 is 20.7 Å². The number of halogens is 1. The van der Waals surface area contributed by atoms with E-state index in [0.717, 1.165) is 5.56 Å². The smallest absolute Gasteiger partial charge is 0.315 e.